The number of furan rings is 1. The monoisotopic (exact) mass is 343 g/mol. The van der Waals surface area contributed by atoms with Crippen LogP contribution in [0.15, 0.2) is 39.7 Å². The van der Waals surface area contributed by atoms with E-state index in [-0.39, 0.29) is 0 Å². The Morgan fingerprint density at radius 1 is 1.32 bits per heavy atom. The largest absolute Gasteiger partial charge is 0.465 e. The lowest BCUT2D eigenvalue weighted by Crippen LogP contribution is -2.38. The van der Waals surface area contributed by atoms with Crippen molar-refractivity contribution in [1.82, 2.24) is 10.2 Å². The third-order valence-electron chi connectivity index (χ3n) is 4.04. The number of esters is 1. The Hall–Kier alpha value is -2.76. The lowest BCUT2D eigenvalue weighted by molar-refractivity contribution is 0.0599. The van der Waals surface area contributed by atoms with Gasteiger partial charge in [0.05, 0.1) is 13.7 Å². The van der Waals surface area contributed by atoms with Gasteiger partial charge in [0.2, 0.25) is 0 Å². The molecule has 2 aromatic rings. The van der Waals surface area contributed by atoms with Crippen molar-refractivity contribution in [2.45, 2.75) is 26.9 Å². The molecule has 0 spiro atoms. The number of nitrogens with zero attached hydrogens (tertiary/aromatic N) is 2. The van der Waals surface area contributed by atoms with Crippen LogP contribution in [0.5, 0.6) is 0 Å². The van der Waals surface area contributed by atoms with Crippen LogP contribution in [0.3, 0.4) is 0 Å². The standard InChI is InChI=1S/C19H25N3O3/c1-13-8-6-7-9-15(13)12-22(4)19(20-3)21-11-16-10-17(14(2)25-16)18(23)24-5/h6-10H,11-12H2,1-5H3,(H,20,21). The van der Waals surface area contributed by atoms with Crippen LogP contribution in [0.1, 0.15) is 33.0 Å². The highest BCUT2D eigenvalue weighted by Crippen LogP contribution is 2.16. The van der Waals surface area contributed by atoms with E-state index in [9.17, 15) is 4.79 Å². The molecule has 0 unspecified atom stereocenters. The van der Waals surface area contributed by atoms with Gasteiger partial charge in [0.1, 0.15) is 17.1 Å². The van der Waals surface area contributed by atoms with Crippen molar-refractivity contribution >= 4 is 11.9 Å². The third-order valence-corrected chi connectivity index (χ3v) is 4.04. The Labute approximate surface area is 148 Å². The van der Waals surface area contributed by atoms with Crippen LogP contribution < -0.4 is 5.32 Å². The van der Waals surface area contributed by atoms with Crippen molar-refractivity contribution in [3.05, 3.63) is 58.5 Å². The third kappa shape index (κ3) is 4.62. The Morgan fingerprint density at radius 2 is 2.04 bits per heavy atom. The highest BCUT2D eigenvalue weighted by Gasteiger charge is 2.16. The zero-order valence-corrected chi connectivity index (χ0v) is 15.4. The molecule has 2 rings (SSSR count). The van der Waals surface area contributed by atoms with Crippen molar-refractivity contribution < 1.29 is 13.9 Å². The minimum Gasteiger partial charge on any atom is -0.465 e. The first-order valence-electron chi connectivity index (χ1n) is 8.10. The Balaban J connectivity index is 2.01. The number of carbonyl (C=O) groups excluding carboxylic acids is 1. The topological polar surface area (TPSA) is 67.1 Å². The molecule has 0 fully saturated rings. The molecule has 1 aromatic heterocycles. The van der Waals surface area contributed by atoms with Crippen LogP contribution in [-0.4, -0.2) is 38.0 Å². The summed E-state index contributed by atoms with van der Waals surface area (Å²) in [4.78, 5) is 18.0. The first-order valence-corrected chi connectivity index (χ1v) is 8.10. The quantitative estimate of drug-likeness (QED) is 0.514. The summed E-state index contributed by atoms with van der Waals surface area (Å²) in [5, 5.41) is 3.25. The zero-order valence-electron chi connectivity index (χ0n) is 15.4. The van der Waals surface area contributed by atoms with Gasteiger partial charge in [-0.15, -0.1) is 0 Å². The number of hydrogen-bond acceptors (Lipinski definition) is 4. The summed E-state index contributed by atoms with van der Waals surface area (Å²) < 4.78 is 10.4. The van der Waals surface area contributed by atoms with Crippen LogP contribution in [0, 0.1) is 13.8 Å². The number of benzene rings is 1. The number of aryl methyl sites for hydroxylation is 2. The molecular weight excluding hydrogens is 318 g/mol. The average molecular weight is 343 g/mol. The number of guanidine groups is 1. The lowest BCUT2D eigenvalue weighted by atomic mass is 10.1. The van der Waals surface area contributed by atoms with Gasteiger partial charge in [-0.2, -0.15) is 0 Å². The predicted molar refractivity (Wildman–Crippen MR) is 97.6 cm³/mol. The number of rotatable bonds is 5. The summed E-state index contributed by atoms with van der Waals surface area (Å²) in [6.45, 7) is 5.02. The van der Waals surface area contributed by atoms with Gasteiger partial charge in [0.25, 0.3) is 0 Å². The molecule has 0 amide bonds. The van der Waals surface area contributed by atoms with Crippen LogP contribution in [0.2, 0.25) is 0 Å². The van der Waals surface area contributed by atoms with Crippen LogP contribution in [0.25, 0.3) is 0 Å². The second kappa shape index (κ2) is 8.37. The molecule has 6 heteroatoms. The van der Waals surface area contributed by atoms with E-state index in [1.54, 1.807) is 20.0 Å². The molecule has 0 aliphatic rings. The first kappa shape index (κ1) is 18.6. The number of nitrogens with one attached hydrogen (secondary N) is 1. The van der Waals surface area contributed by atoms with Gasteiger partial charge >= 0.3 is 5.97 Å². The molecule has 1 aromatic carbocycles. The van der Waals surface area contributed by atoms with Gasteiger partial charge in [0, 0.05) is 20.6 Å². The molecule has 134 valence electrons. The van der Waals surface area contributed by atoms with E-state index in [0.717, 1.165) is 12.5 Å². The molecule has 0 radical (unpaired) electrons. The first-order chi connectivity index (χ1) is 12.0. The number of carbonyl (C=O) groups is 1. The van der Waals surface area contributed by atoms with Gasteiger partial charge in [0.15, 0.2) is 5.96 Å². The summed E-state index contributed by atoms with van der Waals surface area (Å²) in [5.74, 6) is 1.56. The molecule has 6 nitrogen and oxygen atoms in total. The molecule has 1 N–H and O–H groups in total. The SMILES string of the molecule is CN=C(NCc1cc(C(=O)OC)c(C)o1)N(C)Cc1ccccc1C. The lowest BCUT2D eigenvalue weighted by Gasteiger charge is -2.22. The van der Waals surface area contributed by atoms with E-state index in [2.05, 4.69) is 29.4 Å². The van der Waals surface area contributed by atoms with E-state index in [4.69, 9.17) is 9.15 Å². The second-order valence-corrected chi connectivity index (χ2v) is 5.86. The van der Waals surface area contributed by atoms with E-state index < -0.39 is 5.97 Å². The molecule has 1 heterocycles. The number of ether oxygens (including phenoxy) is 1. The average Bonchev–Trinajstić information content (AvgIpc) is 2.97. The van der Waals surface area contributed by atoms with E-state index in [1.165, 1.54) is 18.2 Å². The molecule has 0 saturated carbocycles. The summed E-state index contributed by atoms with van der Waals surface area (Å²) in [6, 6.07) is 9.97. The fourth-order valence-corrected chi connectivity index (χ4v) is 2.61. The highest BCUT2D eigenvalue weighted by molar-refractivity contribution is 5.90. The van der Waals surface area contributed by atoms with Gasteiger partial charge in [-0.1, -0.05) is 24.3 Å². The Bertz CT molecular complexity index is 765. The maximum absolute atomic E-state index is 11.7. The predicted octanol–water partition coefficient (Wildman–Crippen LogP) is 2.89. The van der Waals surface area contributed by atoms with Gasteiger partial charge in [-0.25, -0.2) is 4.79 Å². The van der Waals surface area contributed by atoms with Crippen molar-refractivity contribution in [2.75, 3.05) is 21.2 Å². The molecular formula is C19H25N3O3. The Morgan fingerprint density at radius 3 is 2.68 bits per heavy atom. The summed E-state index contributed by atoms with van der Waals surface area (Å²) in [7, 11) is 5.08. The van der Waals surface area contributed by atoms with E-state index >= 15 is 0 Å². The molecule has 0 bridgehead atoms. The minimum absolute atomic E-state index is 0.395. The maximum atomic E-state index is 11.7. The van der Waals surface area contributed by atoms with Crippen molar-refractivity contribution in [1.29, 1.82) is 0 Å². The van der Waals surface area contributed by atoms with Gasteiger partial charge < -0.3 is 19.4 Å². The smallest absolute Gasteiger partial charge is 0.341 e. The molecule has 0 aliphatic heterocycles. The number of methoxy groups -OCH3 is 1. The summed E-state index contributed by atoms with van der Waals surface area (Å²) in [6.07, 6.45) is 0. The number of aliphatic imine (C=N–C) groups is 1. The van der Waals surface area contributed by atoms with E-state index in [1.807, 2.05) is 24.1 Å². The number of hydrogen-bond donors (Lipinski definition) is 1. The molecule has 0 atom stereocenters. The molecule has 25 heavy (non-hydrogen) atoms. The fraction of sp³-hybridized carbons (Fsp3) is 0.368. The normalized spacial score (nSPS) is 11.3. The van der Waals surface area contributed by atoms with Crippen LogP contribution >= 0.6 is 0 Å². The van der Waals surface area contributed by atoms with Crippen molar-refractivity contribution in [3.8, 4) is 0 Å². The van der Waals surface area contributed by atoms with Gasteiger partial charge in [-0.3, -0.25) is 4.99 Å². The van der Waals surface area contributed by atoms with E-state index in [0.29, 0.717) is 23.6 Å². The molecule has 0 aliphatic carbocycles. The van der Waals surface area contributed by atoms with Crippen LogP contribution in [0.4, 0.5) is 0 Å². The Kier molecular flexibility index (Phi) is 6.22. The minimum atomic E-state index is -0.395. The zero-order chi connectivity index (χ0) is 18.4. The van der Waals surface area contributed by atoms with Crippen LogP contribution in [-0.2, 0) is 17.8 Å². The summed E-state index contributed by atoms with van der Waals surface area (Å²) >= 11 is 0. The summed E-state index contributed by atoms with van der Waals surface area (Å²) in [5.41, 5.74) is 2.94. The van der Waals surface area contributed by atoms with Crippen molar-refractivity contribution in [2.24, 2.45) is 4.99 Å². The second-order valence-electron chi connectivity index (χ2n) is 5.86. The van der Waals surface area contributed by atoms with Crippen molar-refractivity contribution in [3.63, 3.8) is 0 Å². The van der Waals surface area contributed by atoms with Gasteiger partial charge in [-0.05, 0) is 31.0 Å². The maximum Gasteiger partial charge on any atom is 0.341 e. The molecule has 0 saturated heterocycles. The fourth-order valence-electron chi connectivity index (χ4n) is 2.61. The highest BCUT2D eigenvalue weighted by atomic mass is 16.5.